The Balaban J connectivity index is 1.81. The van der Waals surface area contributed by atoms with Gasteiger partial charge < -0.3 is 14.9 Å². The molecule has 0 saturated heterocycles. The van der Waals surface area contributed by atoms with Gasteiger partial charge in [0, 0.05) is 11.6 Å². The molecule has 150 valence electrons. The molecule has 0 aromatic heterocycles. The smallest absolute Gasteiger partial charge is 0.330 e. The van der Waals surface area contributed by atoms with Gasteiger partial charge in [0.1, 0.15) is 12.4 Å². The van der Waals surface area contributed by atoms with E-state index < -0.39 is 17.5 Å². The molecule has 7 heteroatoms. The molecule has 0 aliphatic carbocycles. The highest BCUT2D eigenvalue weighted by Crippen LogP contribution is 2.40. The van der Waals surface area contributed by atoms with Gasteiger partial charge in [0.15, 0.2) is 17.2 Å². The fourth-order valence-corrected chi connectivity index (χ4v) is 2.58. The average molecular weight is 402 g/mol. The lowest BCUT2D eigenvalue weighted by Crippen LogP contribution is -2.01. The maximum atomic E-state index is 12.6. The van der Waals surface area contributed by atoms with Gasteiger partial charge in [0.25, 0.3) is 0 Å². The number of rotatable bonds is 7. The first-order valence-electron chi connectivity index (χ1n) is 8.94. The Bertz CT molecular complexity index is 1110. The van der Waals surface area contributed by atoms with Crippen molar-refractivity contribution in [2.45, 2.75) is 6.61 Å². The molecular weight excluding hydrogens is 384 g/mol. The Labute approximate surface area is 172 Å². The number of hydrogen-bond donors (Lipinski definition) is 2. The molecule has 3 rings (SSSR count). The second kappa shape index (κ2) is 9.29. The number of phenols is 2. The van der Waals surface area contributed by atoms with Crippen molar-refractivity contribution in [1.82, 2.24) is 0 Å². The molecule has 30 heavy (non-hydrogen) atoms. The summed E-state index contributed by atoms with van der Waals surface area (Å²) < 4.78 is 4.94. The molecule has 0 radical (unpaired) electrons. The van der Waals surface area contributed by atoms with Crippen molar-refractivity contribution in [3.63, 3.8) is 0 Å². The molecule has 0 amide bonds. The third-order valence-corrected chi connectivity index (χ3v) is 4.16. The summed E-state index contributed by atoms with van der Waals surface area (Å²) >= 11 is 0. The van der Waals surface area contributed by atoms with Crippen LogP contribution in [0.15, 0.2) is 89.6 Å². The van der Waals surface area contributed by atoms with E-state index in [0.29, 0.717) is 11.3 Å². The quantitative estimate of drug-likeness (QED) is 0.251. The van der Waals surface area contributed by atoms with Crippen molar-refractivity contribution in [2.75, 3.05) is 0 Å². The number of carbonyl (C=O) groups is 2. The molecule has 0 bridgehead atoms. The van der Waals surface area contributed by atoms with Gasteiger partial charge in [-0.15, -0.1) is 5.11 Å². The topological polar surface area (TPSA) is 109 Å². The standard InChI is InChI=1S/C23H18N2O5/c1-2-20(27)30-14-15-8-10-17(11-9-15)24-25-21-19(26)13-12-18(23(21)29)22(28)16-6-4-3-5-7-16/h2-13,26,29H,1,14H2. The van der Waals surface area contributed by atoms with Crippen LogP contribution in [0, 0.1) is 0 Å². The lowest BCUT2D eigenvalue weighted by Gasteiger charge is -2.07. The second-order valence-electron chi connectivity index (χ2n) is 6.20. The molecule has 0 unspecified atom stereocenters. The van der Waals surface area contributed by atoms with Crippen molar-refractivity contribution in [3.05, 3.63) is 96.1 Å². The lowest BCUT2D eigenvalue weighted by molar-refractivity contribution is -0.138. The van der Waals surface area contributed by atoms with Crippen LogP contribution in [0.4, 0.5) is 11.4 Å². The van der Waals surface area contributed by atoms with Crippen LogP contribution in [0.1, 0.15) is 21.5 Å². The minimum absolute atomic E-state index is 0.00679. The summed E-state index contributed by atoms with van der Waals surface area (Å²) in [7, 11) is 0. The van der Waals surface area contributed by atoms with Crippen molar-refractivity contribution in [2.24, 2.45) is 10.2 Å². The summed E-state index contributed by atoms with van der Waals surface area (Å²) in [4.78, 5) is 23.7. The Morgan fingerprint density at radius 2 is 1.63 bits per heavy atom. The number of aromatic hydroxyl groups is 2. The fourth-order valence-electron chi connectivity index (χ4n) is 2.58. The molecule has 3 aromatic rings. The summed E-state index contributed by atoms with van der Waals surface area (Å²) in [5, 5.41) is 28.4. The van der Waals surface area contributed by atoms with Crippen LogP contribution in [0.2, 0.25) is 0 Å². The minimum atomic E-state index is -0.519. The second-order valence-corrected chi connectivity index (χ2v) is 6.20. The van der Waals surface area contributed by atoms with E-state index in [1.165, 1.54) is 12.1 Å². The Morgan fingerprint density at radius 1 is 0.933 bits per heavy atom. The molecule has 0 spiro atoms. The maximum absolute atomic E-state index is 12.6. The lowest BCUT2D eigenvalue weighted by atomic mass is 10.0. The van der Waals surface area contributed by atoms with Crippen molar-refractivity contribution >= 4 is 23.1 Å². The molecule has 0 heterocycles. The van der Waals surface area contributed by atoms with Gasteiger partial charge in [-0.3, -0.25) is 4.79 Å². The minimum Gasteiger partial charge on any atom is -0.505 e. The molecule has 0 atom stereocenters. The summed E-state index contributed by atoms with van der Waals surface area (Å²) in [6, 6.07) is 17.7. The number of nitrogens with zero attached hydrogens (tertiary/aromatic N) is 2. The Morgan fingerprint density at radius 3 is 2.30 bits per heavy atom. The number of esters is 1. The van der Waals surface area contributed by atoms with Crippen LogP contribution in [-0.4, -0.2) is 22.0 Å². The van der Waals surface area contributed by atoms with Gasteiger partial charge in [-0.1, -0.05) is 49.0 Å². The Kier molecular flexibility index (Phi) is 6.34. The van der Waals surface area contributed by atoms with Gasteiger partial charge in [0.05, 0.1) is 11.3 Å². The van der Waals surface area contributed by atoms with E-state index in [1.54, 1.807) is 54.6 Å². The van der Waals surface area contributed by atoms with Crippen LogP contribution < -0.4 is 0 Å². The van der Waals surface area contributed by atoms with Gasteiger partial charge in [-0.25, -0.2) is 4.79 Å². The van der Waals surface area contributed by atoms with E-state index in [1.807, 2.05) is 0 Å². The summed E-state index contributed by atoms with van der Waals surface area (Å²) in [6.07, 6.45) is 1.08. The van der Waals surface area contributed by atoms with Crippen LogP contribution >= 0.6 is 0 Å². The van der Waals surface area contributed by atoms with Gasteiger partial charge in [0.2, 0.25) is 0 Å². The highest BCUT2D eigenvalue weighted by molar-refractivity contribution is 6.11. The molecule has 7 nitrogen and oxygen atoms in total. The first-order chi connectivity index (χ1) is 14.5. The first-order valence-corrected chi connectivity index (χ1v) is 8.94. The number of ketones is 1. The molecule has 0 aliphatic rings. The SMILES string of the molecule is C=CC(=O)OCc1ccc(N=Nc2c(O)ccc(C(=O)c3ccccc3)c2O)cc1. The maximum Gasteiger partial charge on any atom is 0.330 e. The molecule has 3 aromatic carbocycles. The number of ether oxygens (including phenoxy) is 1. The highest BCUT2D eigenvalue weighted by atomic mass is 16.5. The van der Waals surface area contributed by atoms with Crippen LogP contribution in [0.25, 0.3) is 0 Å². The van der Waals surface area contributed by atoms with E-state index in [0.717, 1.165) is 11.6 Å². The molecule has 0 aliphatic heterocycles. The number of phenolic OH excluding ortho intramolecular Hbond substituents is 2. The van der Waals surface area contributed by atoms with Gasteiger partial charge >= 0.3 is 5.97 Å². The summed E-state index contributed by atoms with van der Waals surface area (Å²) in [6.45, 7) is 3.42. The number of hydrogen-bond acceptors (Lipinski definition) is 7. The van der Waals surface area contributed by atoms with Crippen molar-refractivity contribution < 1.29 is 24.5 Å². The fraction of sp³-hybridized carbons (Fsp3) is 0.0435. The zero-order valence-corrected chi connectivity index (χ0v) is 15.9. The number of benzene rings is 3. The van der Waals surface area contributed by atoms with Crippen LogP contribution in [0.3, 0.4) is 0 Å². The van der Waals surface area contributed by atoms with E-state index in [2.05, 4.69) is 16.8 Å². The molecule has 0 fully saturated rings. The predicted octanol–water partition coefficient (Wildman–Crippen LogP) is 4.97. The third kappa shape index (κ3) is 4.77. The first kappa shape index (κ1) is 20.5. The average Bonchev–Trinajstić information content (AvgIpc) is 2.78. The van der Waals surface area contributed by atoms with Gasteiger partial charge in [-0.05, 0) is 29.8 Å². The number of azo groups is 1. The molecular formula is C23H18N2O5. The summed E-state index contributed by atoms with van der Waals surface area (Å²) in [5.74, 6) is -1.69. The van der Waals surface area contributed by atoms with E-state index in [4.69, 9.17) is 4.74 Å². The monoisotopic (exact) mass is 402 g/mol. The van der Waals surface area contributed by atoms with E-state index in [9.17, 15) is 19.8 Å². The largest absolute Gasteiger partial charge is 0.505 e. The zero-order chi connectivity index (χ0) is 21.5. The highest BCUT2D eigenvalue weighted by Gasteiger charge is 2.19. The van der Waals surface area contributed by atoms with Crippen LogP contribution in [0.5, 0.6) is 11.5 Å². The zero-order valence-electron chi connectivity index (χ0n) is 15.9. The molecule has 0 saturated carbocycles. The van der Waals surface area contributed by atoms with E-state index >= 15 is 0 Å². The molecule has 2 N–H and O–H groups in total. The Hall–Kier alpha value is -4.26. The third-order valence-electron chi connectivity index (χ3n) is 4.16. The summed E-state index contributed by atoms with van der Waals surface area (Å²) in [5.41, 5.74) is 1.37. The number of carbonyl (C=O) groups excluding carboxylic acids is 2. The van der Waals surface area contributed by atoms with Crippen molar-refractivity contribution in [1.29, 1.82) is 0 Å². The normalized spacial score (nSPS) is 10.7. The van der Waals surface area contributed by atoms with E-state index in [-0.39, 0.29) is 23.6 Å². The predicted molar refractivity (Wildman–Crippen MR) is 110 cm³/mol. The van der Waals surface area contributed by atoms with Crippen LogP contribution in [-0.2, 0) is 16.1 Å². The van der Waals surface area contributed by atoms with Crippen molar-refractivity contribution in [3.8, 4) is 11.5 Å². The van der Waals surface area contributed by atoms with Gasteiger partial charge in [-0.2, -0.15) is 5.11 Å².